The Balaban J connectivity index is 1.69. The third-order valence-electron chi connectivity index (χ3n) is 4.99. The van der Waals surface area contributed by atoms with Gasteiger partial charge < -0.3 is 14.7 Å². The lowest BCUT2D eigenvalue weighted by molar-refractivity contribution is -0.134. The van der Waals surface area contributed by atoms with Gasteiger partial charge in [0, 0.05) is 64.3 Å². The summed E-state index contributed by atoms with van der Waals surface area (Å²) < 4.78 is 0. The zero-order valence-electron chi connectivity index (χ0n) is 15.1. The molecule has 2 amide bonds. The van der Waals surface area contributed by atoms with Crippen LogP contribution in [0.1, 0.15) is 24.8 Å². The highest BCUT2D eigenvalue weighted by atomic mass is 16.2. The van der Waals surface area contributed by atoms with E-state index in [-0.39, 0.29) is 23.8 Å². The summed E-state index contributed by atoms with van der Waals surface area (Å²) >= 11 is 0. The first-order chi connectivity index (χ1) is 12.0. The Morgan fingerprint density at radius 1 is 1.24 bits per heavy atom. The summed E-state index contributed by atoms with van der Waals surface area (Å²) in [5.74, 6) is 0.675. The van der Waals surface area contributed by atoms with Gasteiger partial charge in [-0.2, -0.15) is 0 Å². The number of amides is 2. The molecule has 134 valence electrons. The molecule has 25 heavy (non-hydrogen) atoms. The highest BCUT2D eigenvalue weighted by Crippen LogP contribution is 2.27. The maximum Gasteiger partial charge on any atom is 0.246 e. The topological polar surface area (TPSA) is 69.6 Å². The third-order valence-corrected chi connectivity index (χ3v) is 4.99. The van der Waals surface area contributed by atoms with Gasteiger partial charge in [0.2, 0.25) is 17.8 Å². The molecule has 2 aliphatic heterocycles. The third kappa shape index (κ3) is 3.81. The highest BCUT2D eigenvalue weighted by molar-refractivity contribution is 5.92. The standard InChI is InChI=1S/C18H25N5O2/c1-21(2)18-19-9-13(10-20-18)7-8-16(24)23-11-14-5-4-6-15(12-23)22(3)17(14)25/h7-10,14-15H,4-6,11-12H2,1-3H3/t14-,15+/m1/s1. The fraction of sp³-hybridized carbons (Fsp3) is 0.556. The van der Waals surface area contributed by atoms with E-state index in [4.69, 9.17) is 0 Å². The van der Waals surface area contributed by atoms with Crippen LogP contribution in [0.5, 0.6) is 0 Å². The molecule has 0 aliphatic carbocycles. The number of nitrogens with zero attached hydrogens (tertiary/aromatic N) is 5. The van der Waals surface area contributed by atoms with Crippen LogP contribution in [0.25, 0.3) is 6.08 Å². The predicted molar refractivity (Wildman–Crippen MR) is 95.9 cm³/mol. The van der Waals surface area contributed by atoms with Crippen LogP contribution < -0.4 is 4.90 Å². The smallest absolute Gasteiger partial charge is 0.246 e. The number of fused-ring (bicyclic) bond motifs is 3. The normalized spacial score (nSPS) is 23.7. The van der Waals surface area contributed by atoms with E-state index in [9.17, 15) is 9.59 Å². The molecule has 2 aliphatic rings. The molecule has 2 atom stereocenters. The molecule has 3 heterocycles. The Labute approximate surface area is 148 Å². The molecule has 1 aromatic heterocycles. The van der Waals surface area contributed by atoms with Crippen molar-refractivity contribution < 1.29 is 9.59 Å². The van der Waals surface area contributed by atoms with E-state index in [0.717, 1.165) is 24.8 Å². The first-order valence-corrected chi connectivity index (χ1v) is 8.68. The van der Waals surface area contributed by atoms with E-state index in [2.05, 4.69) is 9.97 Å². The van der Waals surface area contributed by atoms with Gasteiger partial charge in [-0.25, -0.2) is 9.97 Å². The van der Waals surface area contributed by atoms with Crippen molar-refractivity contribution in [2.45, 2.75) is 25.3 Å². The summed E-state index contributed by atoms with van der Waals surface area (Å²) in [6.07, 6.45) is 9.56. The Kier molecular flexibility index (Phi) is 5.01. The zero-order valence-corrected chi connectivity index (χ0v) is 15.1. The molecule has 0 radical (unpaired) electrons. The van der Waals surface area contributed by atoms with Crippen LogP contribution in [0.3, 0.4) is 0 Å². The van der Waals surface area contributed by atoms with Crippen molar-refractivity contribution in [3.63, 3.8) is 0 Å². The second-order valence-corrected chi connectivity index (χ2v) is 7.02. The summed E-state index contributed by atoms with van der Waals surface area (Å²) in [5, 5.41) is 0. The summed E-state index contributed by atoms with van der Waals surface area (Å²) in [5.41, 5.74) is 0.780. The Morgan fingerprint density at radius 3 is 2.64 bits per heavy atom. The van der Waals surface area contributed by atoms with Crippen molar-refractivity contribution in [2.75, 3.05) is 39.1 Å². The highest BCUT2D eigenvalue weighted by Gasteiger charge is 2.37. The lowest BCUT2D eigenvalue weighted by atomic mass is 9.99. The van der Waals surface area contributed by atoms with Gasteiger partial charge in [-0.05, 0) is 18.9 Å². The van der Waals surface area contributed by atoms with Gasteiger partial charge in [-0.3, -0.25) is 9.59 Å². The van der Waals surface area contributed by atoms with Gasteiger partial charge in [0.05, 0.1) is 5.92 Å². The molecule has 0 N–H and O–H groups in total. The van der Waals surface area contributed by atoms with Gasteiger partial charge in [-0.15, -0.1) is 0 Å². The van der Waals surface area contributed by atoms with E-state index < -0.39 is 0 Å². The molecule has 0 saturated carbocycles. The van der Waals surface area contributed by atoms with Crippen LogP contribution in [-0.2, 0) is 9.59 Å². The zero-order chi connectivity index (χ0) is 18.0. The number of likely N-dealkylation sites (N-methyl/N-ethyl adjacent to an activating group) is 1. The Hall–Kier alpha value is -2.44. The summed E-state index contributed by atoms with van der Waals surface area (Å²) in [7, 11) is 5.62. The number of hydrogen-bond donors (Lipinski definition) is 0. The van der Waals surface area contributed by atoms with Crippen LogP contribution >= 0.6 is 0 Å². The van der Waals surface area contributed by atoms with E-state index in [1.54, 1.807) is 29.4 Å². The Morgan fingerprint density at radius 2 is 1.96 bits per heavy atom. The SMILES string of the molecule is CN(C)c1ncc(C=CC(=O)N2C[C@H]3CCC[C@@H](C2)N(C)C3=O)cn1. The van der Waals surface area contributed by atoms with Crippen LogP contribution in [0.2, 0.25) is 0 Å². The summed E-state index contributed by atoms with van der Waals surface area (Å²) in [6, 6.07) is 0.125. The maximum absolute atomic E-state index is 12.6. The number of anilines is 1. The minimum Gasteiger partial charge on any atom is -0.347 e. The molecule has 2 saturated heterocycles. The molecule has 2 bridgehead atoms. The fourth-order valence-corrected chi connectivity index (χ4v) is 3.46. The molecule has 7 heteroatoms. The fourth-order valence-electron chi connectivity index (χ4n) is 3.46. The number of rotatable bonds is 3. The van der Waals surface area contributed by atoms with Crippen LogP contribution in [0, 0.1) is 5.92 Å². The largest absolute Gasteiger partial charge is 0.347 e. The number of hydrogen-bond acceptors (Lipinski definition) is 5. The molecule has 0 aromatic carbocycles. The quantitative estimate of drug-likeness (QED) is 0.767. The molecule has 0 unspecified atom stereocenters. The van der Waals surface area contributed by atoms with Gasteiger partial charge >= 0.3 is 0 Å². The molecular weight excluding hydrogens is 318 g/mol. The van der Waals surface area contributed by atoms with Crippen molar-refractivity contribution in [1.29, 1.82) is 0 Å². The predicted octanol–water partition coefficient (Wildman–Crippen LogP) is 1.03. The average molecular weight is 343 g/mol. The molecule has 3 rings (SSSR count). The van der Waals surface area contributed by atoms with Crippen molar-refractivity contribution in [1.82, 2.24) is 19.8 Å². The van der Waals surface area contributed by atoms with E-state index >= 15 is 0 Å². The van der Waals surface area contributed by atoms with E-state index in [0.29, 0.717) is 19.0 Å². The minimum atomic E-state index is -0.0717. The molecule has 1 aromatic rings. The molecule has 0 spiro atoms. The number of aromatic nitrogens is 2. The summed E-state index contributed by atoms with van der Waals surface area (Å²) in [4.78, 5) is 39.0. The van der Waals surface area contributed by atoms with Crippen LogP contribution in [0.15, 0.2) is 18.5 Å². The van der Waals surface area contributed by atoms with Crippen molar-refractivity contribution in [3.05, 3.63) is 24.0 Å². The lowest BCUT2D eigenvalue weighted by Crippen LogP contribution is -2.41. The van der Waals surface area contributed by atoms with Gasteiger partial charge in [-0.1, -0.05) is 6.42 Å². The molecule has 2 fully saturated rings. The average Bonchev–Trinajstić information content (AvgIpc) is 2.78. The number of carbonyl (C=O) groups excluding carboxylic acids is 2. The monoisotopic (exact) mass is 343 g/mol. The maximum atomic E-state index is 12.6. The number of carbonyl (C=O) groups is 2. The van der Waals surface area contributed by atoms with Crippen LogP contribution in [0.4, 0.5) is 5.95 Å². The van der Waals surface area contributed by atoms with Crippen molar-refractivity contribution in [2.24, 2.45) is 5.92 Å². The second-order valence-electron chi connectivity index (χ2n) is 7.02. The van der Waals surface area contributed by atoms with Gasteiger partial charge in [0.15, 0.2) is 0 Å². The minimum absolute atomic E-state index is 0.0586. The number of likely N-dealkylation sites (tertiary alicyclic amines) is 1. The van der Waals surface area contributed by atoms with Crippen LogP contribution in [-0.4, -0.2) is 71.9 Å². The first-order valence-electron chi connectivity index (χ1n) is 8.68. The van der Waals surface area contributed by atoms with Crippen molar-refractivity contribution in [3.8, 4) is 0 Å². The van der Waals surface area contributed by atoms with Gasteiger partial charge in [0.25, 0.3) is 0 Å². The first kappa shape index (κ1) is 17.4. The Bertz CT molecular complexity index is 671. The second kappa shape index (κ2) is 7.21. The lowest BCUT2D eigenvalue weighted by Gasteiger charge is -2.28. The molecular formula is C18H25N5O2. The van der Waals surface area contributed by atoms with Crippen molar-refractivity contribution >= 4 is 23.8 Å². The summed E-state index contributed by atoms with van der Waals surface area (Å²) in [6.45, 7) is 1.12. The van der Waals surface area contributed by atoms with E-state index in [1.807, 2.05) is 30.9 Å². The van der Waals surface area contributed by atoms with Gasteiger partial charge in [0.1, 0.15) is 0 Å². The molecule has 7 nitrogen and oxygen atoms in total. The van der Waals surface area contributed by atoms with E-state index in [1.165, 1.54) is 0 Å².